The number of amides is 1. The lowest BCUT2D eigenvalue weighted by Crippen LogP contribution is -2.42. The highest BCUT2D eigenvalue weighted by atomic mass is 35.5. The molecule has 1 heterocycles. The molecule has 1 aromatic rings. The summed E-state index contributed by atoms with van der Waals surface area (Å²) >= 11 is 12.0. The minimum atomic E-state index is -4.66. The Morgan fingerprint density at radius 2 is 1.74 bits per heavy atom. The number of piperidine rings is 1. The fraction of sp³-hybridized carbons (Fsp3) is 0.500. The number of carbonyl (C=O) groups excluding carboxylic acids is 1. The van der Waals surface area contributed by atoms with Gasteiger partial charge >= 0.3 is 6.36 Å². The van der Waals surface area contributed by atoms with Crippen LogP contribution in [-0.2, 0) is 4.74 Å². The molecule has 128 valence electrons. The first-order chi connectivity index (χ1) is 10.7. The molecule has 23 heavy (non-hydrogen) atoms. The number of hydrogen-bond acceptors (Lipinski definition) is 3. The molecule has 1 aliphatic rings. The molecule has 1 aliphatic heterocycles. The van der Waals surface area contributed by atoms with Crippen LogP contribution < -0.4 is 4.74 Å². The topological polar surface area (TPSA) is 38.8 Å². The molecule has 1 aromatic carbocycles. The van der Waals surface area contributed by atoms with E-state index in [0.29, 0.717) is 0 Å². The maximum absolute atomic E-state index is 12.4. The molecule has 0 spiro atoms. The molecule has 0 bridgehead atoms. The molecule has 1 fully saturated rings. The zero-order valence-electron chi connectivity index (χ0n) is 12.1. The van der Waals surface area contributed by atoms with E-state index in [1.54, 1.807) is 0 Å². The monoisotopic (exact) mass is 371 g/mol. The summed E-state index contributed by atoms with van der Waals surface area (Å²) in [6.07, 6.45) is -5.36. The van der Waals surface area contributed by atoms with Gasteiger partial charge in [-0.15, -0.1) is 13.2 Å². The summed E-state index contributed by atoms with van der Waals surface area (Å²) in [4.78, 5) is 13.8. The van der Waals surface area contributed by atoms with E-state index in [9.17, 15) is 18.0 Å². The summed E-state index contributed by atoms with van der Waals surface area (Å²) in [5.41, 5.74) is 0.260. The molecule has 0 atom stereocenters. The summed E-state index contributed by atoms with van der Waals surface area (Å²) in [5, 5.41) is 0.386. The van der Waals surface area contributed by atoms with Gasteiger partial charge in [-0.3, -0.25) is 9.53 Å². The molecule has 0 radical (unpaired) electrons. The molecule has 9 heteroatoms. The van der Waals surface area contributed by atoms with Gasteiger partial charge < -0.3 is 9.64 Å². The van der Waals surface area contributed by atoms with E-state index in [4.69, 9.17) is 27.9 Å². The second kappa shape index (κ2) is 7.15. The Labute approximate surface area is 141 Å². The second-order valence-electron chi connectivity index (χ2n) is 5.03. The number of ether oxygens (including phenoxy) is 2. The van der Waals surface area contributed by atoms with Crippen LogP contribution in [0.4, 0.5) is 13.2 Å². The zero-order valence-corrected chi connectivity index (χ0v) is 13.6. The minimum absolute atomic E-state index is 0.114. The number of halogens is 5. The van der Waals surface area contributed by atoms with E-state index in [2.05, 4.69) is 4.74 Å². The molecule has 0 N–H and O–H groups in total. The highest BCUT2D eigenvalue weighted by molar-refractivity contribution is 6.37. The lowest BCUT2D eigenvalue weighted by atomic mass is 10.1. The highest BCUT2D eigenvalue weighted by Crippen LogP contribution is 2.34. The summed E-state index contributed by atoms with van der Waals surface area (Å²) in [5.74, 6) is -0.0796. The first kappa shape index (κ1) is 18.2. The van der Waals surface area contributed by atoms with Gasteiger partial charge in [0, 0.05) is 18.7 Å². The SMILES string of the molecule is COc1c(Cl)cc(C(=O)N2CCC(OC(F)(F)F)CC2)cc1Cl. The van der Waals surface area contributed by atoms with Crippen LogP contribution in [0.1, 0.15) is 23.2 Å². The average molecular weight is 372 g/mol. The van der Waals surface area contributed by atoms with Crippen LogP contribution in [-0.4, -0.2) is 43.5 Å². The number of likely N-dealkylation sites (tertiary alicyclic amines) is 1. The van der Waals surface area contributed by atoms with Crippen LogP contribution in [0.3, 0.4) is 0 Å². The molecule has 0 aliphatic carbocycles. The number of carbonyl (C=O) groups is 1. The van der Waals surface area contributed by atoms with Crippen LogP contribution in [0, 0.1) is 0 Å². The van der Waals surface area contributed by atoms with Crippen molar-refractivity contribution in [2.24, 2.45) is 0 Å². The van der Waals surface area contributed by atoms with E-state index in [0.717, 1.165) is 0 Å². The van der Waals surface area contributed by atoms with Crippen LogP contribution in [0.5, 0.6) is 5.75 Å². The van der Waals surface area contributed by atoms with Gasteiger partial charge in [0.05, 0.1) is 23.3 Å². The van der Waals surface area contributed by atoms with Crippen molar-refractivity contribution in [3.05, 3.63) is 27.7 Å². The second-order valence-corrected chi connectivity index (χ2v) is 5.84. The van der Waals surface area contributed by atoms with Crippen molar-refractivity contribution >= 4 is 29.1 Å². The van der Waals surface area contributed by atoms with Crippen LogP contribution >= 0.6 is 23.2 Å². The number of alkyl halides is 3. The molecule has 0 saturated carbocycles. The van der Waals surface area contributed by atoms with E-state index in [1.807, 2.05) is 0 Å². The minimum Gasteiger partial charge on any atom is -0.494 e. The van der Waals surface area contributed by atoms with Crippen LogP contribution in [0.15, 0.2) is 12.1 Å². The van der Waals surface area contributed by atoms with Gasteiger partial charge in [-0.05, 0) is 25.0 Å². The lowest BCUT2D eigenvalue weighted by Gasteiger charge is -2.32. The molecule has 2 rings (SSSR count). The summed E-state index contributed by atoms with van der Waals surface area (Å²) in [6, 6.07) is 2.85. The van der Waals surface area contributed by atoms with Crippen molar-refractivity contribution in [2.75, 3.05) is 20.2 Å². The van der Waals surface area contributed by atoms with E-state index in [1.165, 1.54) is 24.1 Å². The van der Waals surface area contributed by atoms with Gasteiger partial charge in [0.25, 0.3) is 5.91 Å². The Balaban J connectivity index is 2.03. The van der Waals surface area contributed by atoms with Crippen molar-refractivity contribution in [3.8, 4) is 5.75 Å². The average Bonchev–Trinajstić information content (AvgIpc) is 2.45. The maximum atomic E-state index is 12.4. The number of benzene rings is 1. The van der Waals surface area contributed by atoms with Crippen molar-refractivity contribution in [1.82, 2.24) is 4.90 Å². The van der Waals surface area contributed by atoms with Crippen LogP contribution in [0.25, 0.3) is 0 Å². The Bertz CT molecular complexity index is 564. The predicted molar refractivity (Wildman–Crippen MR) is 79.1 cm³/mol. The Morgan fingerprint density at radius 3 is 2.17 bits per heavy atom. The third-order valence-electron chi connectivity index (χ3n) is 3.48. The van der Waals surface area contributed by atoms with Crippen molar-refractivity contribution in [3.63, 3.8) is 0 Å². The number of hydrogen-bond donors (Lipinski definition) is 0. The van der Waals surface area contributed by atoms with Crippen molar-refractivity contribution in [1.29, 1.82) is 0 Å². The standard InChI is InChI=1S/C14H14Cl2F3NO3/c1-22-12-10(15)6-8(7-11(12)16)13(21)20-4-2-9(3-5-20)23-14(17,18)19/h6-7,9H,2-5H2,1H3. The van der Waals surface area contributed by atoms with Gasteiger partial charge in [0.1, 0.15) is 0 Å². The first-order valence-electron chi connectivity index (χ1n) is 6.78. The van der Waals surface area contributed by atoms with Gasteiger partial charge in [0.15, 0.2) is 5.75 Å². The summed E-state index contributed by atoms with van der Waals surface area (Å²) in [7, 11) is 1.40. The number of methoxy groups -OCH3 is 1. The normalized spacial score (nSPS) is 16.5. The highest BCUT2D eigenvalue weighted by Gasteiger charge is 2.35. The number of rotatable bonds is 3. The molecule has 1 amide bonds. The third kappa shape index (κ3) is 4.65. The molecular formula is C14H14Cl2F3NO3. The lowest BCUT2D eigenvalue weighted by molar-refractivity contribution is -0.345. The van der Waals surface area contributed by atoms with E-state index >= 15 is 0 Å². The predicted octanol–water partition coefficient (Wildman–Crippen LogP) is 4.14. The van der Waals surface area contributed by atoms with E-state index in [-0.39, 0.29) is 53.2 Å². The third-order valence-corrected chi connectivity index (χ3v) is 4.04. The fourth-order valence-electron chi connectivity index (χ4n) is 2.43. The van der Waals surface area contributed by atoms with Crippen molar-refractivity contribution in [2.45, 2.75) is 25.3 Å². The molecule has 0 unspecified atom stereocenters. The smallest absolute Gasteiger partial charge is 0.494 e. The molecule has 4 nitrogen and oxygen atoms in total. The molecule has 0 aromatic heterocycles. The quantitative estimate of drug-likeness (QED) is 0.801. The summed E-state index contributed by atoms with van der Waals surface area (Å²) in [6.45, 7) is 0.335. The first-order valence-corrected chi connectivity index (χ1v) is 7.53. The van der Waals surface area contributed by atoms with E-state index < -0.39 is 12.5 Å². The van der Waals surface area contributed by atoms with Crippen LogP contribution in [0.2, 0.25) is 10.0 Å². The van der Waals surface area contributed by atoms with Gasteiger partial charge in [-0.1, -0.05) is 23.2 Å². The number of nitrogens with zero attached hydrogens (tertiary/aromatic N) is 1. The Hall–Kier alpha value is -1.18. The zero-order chi connectivity index (χ0) is 17.2. The van der Waals surface area contributed by atoms with Gasteiger partial charge in [-0.2, -0.15) is 0 Å². The molecule has 1 saturated heterocycles. The van der Waals surface area contributed by atoms with Gasteiger partial charge in [0.2, 0.25) is 0 Å². The fourth-order valence-corrected chi connectivity index (χ4v) is 3.07. The molecular weight excluding hydrogens is 358 g/mol. The largest absolute Gasteiger partial charge is 0.522 e. The Morgan fingerprint density at radius 1 is 1.22 bits per heavy atom. The van der Waals surface area contributed by atoms with Gasteiger partial charge in [-0.25, -0.2) is 0 Å². The maximum Gasteiger partial charge on any atom is 0.522 e. The van der Waals surface area contributed by atoms with Crippen molar-refractivity contribution < 1.29 is 27.4 Å². The summed E-state index contributed by atoms with van der Waals surface area (Å²) < 4.78 is 45.5. The Kier molecular flexibility index (Phi) is 5.65.